The molecule has 0 saturated carbocycles. The molecule has 0 spiro atoms. The van der Waals surface area contributed by atoms with Gasteiger partial charge in [0.25, 0.3) is 10.0 Å². The second-order valence-electron chi connectivity index (χ2n) is 5.97. The van der Waals surface area contributed by atoms with Crippen molar-refractivity contribution in [2.75, 3.05) is 26.7 Å². The first-order chi connectivity index (χ1) is 12.0. The van der Waals surface area contributed by atoms with Crippen LogP contribution in [-0.4, -0.2) is 63.7 Å². The topological polar surface area (TPSA) is 86.6 Å². The number of halogens is 1. The van der Waals surface area contributed by atoms with Crippen molar-refractivity contribution in [1.82, 2.24) is 28.6 Å². The van der Waals surface area contributed by atoms with E-state index in [1.54, 1.807) is 36.8 Å². The van der Waals surface area contributed by atoms with Crippen LogP contribution in [0.2, 0.25) is 5.15 Å². The van der Waals surface area contributed by atoms with E-state index in [-0.39, 0.29) is 16.2 Å². The summed E-state index contributed by atoms with van der Waals surface area (Å²) in [5.74, 6) is 0.742. The number of rotatable bonds is 3. The van der Waals surface area contributed by atoms with Gasteiger partial charge in [0.15, 0.2) is 10.2 Å². The highest BCUT2D eigenvalue weighted by molar-refractivity contribution is 7.89. The Morgan fingerprint density at radius 3 is 2.92 bits per heavy atom. The Morgan fingerprint density at radius 2 is 2.16 bits per heavy atom. The summed E-state index contributed by atoms with van der Waals surface area (Å²) >= 11 is 6.17. The lowest BCUT2D eigenvalue weighted by Crippen LogP contribution is -2.49. The number of nitrogens with one attached hydrogen (secondary N) is 1. The summed E-state index contributed by atoms with van der Waals surface area (Å²) in [6.07, 6.45) is 5.05. The highest BCUT2D eigenvalue weighted by Gasteiger charge is 2.37. The van der Waals surface area contributed by atoms with Gasteiger partial charge in [-0.15, -0.1) is 0 Å². The number of hydrogen-bond donors (Lipinski definition) is 1. The highest BCUT2D eigenvalue weighted by atomic mass is 35.5. The van der Waals surface area contributed by atoms with Crippen LogP contribution in [0.4, 0.5) is 0 Å². The zero-order valence-corrected chi connectivity index (χ0v) is 15.1. The number of likely N-dealkylation sites (N-methyl/N-ethyl adjacent to an activating group) is 1. The lowest BCUT2D eigenvalue weighted by atomic mass is 10.2. The molecule has 0 amide bonds. The smallest absolute Gasteiger partial charge is 0.262 e. The molecule has 8 nitrogen and oxygen atoms in total. The van der Waals surface area contributed by atoms with E-state index < -0.39 is 10.0 Å². The SMILES string of the molecule is CN1CCN(S(=O)(=O)c2c(Cl)nc3ccccn23)C[C@@H]1c1ncc[nH]1. The first-order valence-electron chi connectivity index (χ1n) is 7.81. The molecular weight excluding hydrogens is 364 g/mol. The highest BCUT2D eigenvalue weighted by Crippen LogP contribution is 2.29. The molecule has 1 aliphatic rings. The number of pyridine rings is 1. The largest absolute Gasteiger partial charge is 0.347 e. The average molecular weight is 381 g/mol. The third-order valence-corrected chi connectivity index (χ3v) is 6.74. The first-order valence-corrected chi connectivity index (χ1v) is 9.62. The normalized spacial score (nSPS) is 20.3. The quantitative estimate of drug-likeness (QED) is 0.742. The fraction of sp³-hybridized carbons (Fsp3) is 0.333. The van der Waals surface area contributed by atoms with Gasteiger partial charge in [-0.2, -0.15) is 4.31 Å². The molecule has 0 aromatic carbocycles. The molecule has 1 fully saturated rings. The molecule has 3 aromatic heterocycles. The van der Waals surface area contributed by atoms with Gasteiger partial charge in [-0.05, 0) is 19.2 Å². The Hall–Kier alpha value is -1.94. The molecule has 0 radical (unpaired) electrons. The van der Waals surface area contributed by atoms with Gasteiger partial charge in [0.05, 0.1) is 6.04 Å². The van der Waals surface area contributed by atoms with Gasteiger partial charge < -0.3 is 4.98 Å². The summed E-state index contributed by atoms with van der Waals surface area (Å²) < 4.78 is 29.4. The Labute approximate surface area is 150 Å². The number of sulfonamides is 1. The number of H-pyrrole nitrogens is 1. The lowest BCUT2D eigenvalue weighted by Gasteiger charge is -2.37. The van der Waals surface area contributed by atoms with Crippen molar-refractivity contribution < 1.29 is 8.42 Å². The molecule has 1 atom stereocenters. The van der Waals surface area contributed by atoms with Gasteiger partial charge >= 0.3 is 0 Å². The summed E-state index contributed by atoms with van der Waals surface area (Å²) in [5.41, 5.74) is 0.503. The molecule has 25 heavy (non-hydrogen) atoms. The molecule has 0 aliphatic carbocycles. The van der Waals surface area contributed by atoms with Crippen LogP contribution in [0.1, 0.15) is 11.9 Å². The Bertz CT molecular complexity index is 1000. The molecule has 4 rings (SSSR count). The standard InChI is InChI=1S/C15H17ClN6O2S/c1-20-8-9-21(10-11(20)14-17-5-6-18-14)25(23,24)15-13(16)19-12-4-2-3-7-22(12)15/h2-7,11H,8-10H2,1H3,(H,17,18)/t11-/m1/s1. The molecule has 10 heteroatoms. The maximum absolute atomic E-state index is 13.2. The van der Waals surface area contributed by atoms with Crippen LogP contribution in [0.15, 0.2) is 41.8 Å². The average Bonchev–Trinajstić information content (AvgIpc) is 3.21. The van der Waals surface area contributed by atoms with E-state index >= 15 is 0 Å². The third-order valence-electron chi connectivity index (χ3n) is 4.48. The summed E-state index contributed by atoms with van der Waals surface area (Å²) in [4.78, 5) is 13.6. The number of imidazole rings is 2. The predicted molar refractivity (Wildman–Crippen MR) is 92.9 cm³/mol. The van der Waals surface area contributed by atoms with Crippen LogP contribution in [0.5, 0.6) is 0 Å². The van der Waals surface area contributed by atoms with Crippen molar-refractivity contribution in [3.05, 3.63) is 47.8 Å². The number of piperazine rings is 1. The van der Waals surface area contributed by atoms with E-state index in [0.29, 0.717) is 25.3 Å². The van der Waals surface area contributed by atoms with Crippen LogP contribution in [-0.2, 0) is 10.0 Å². The van der Waals surface area contributed by atoms with Gasteiger partial charge in [-0.25, -0.2) is 18.4 Å². The Kier molecular flexibility index (Phi) is 4.03. The number of hydrogen-bond acceptors (Lipinski definition) is 5. The summed E-state index contributed by atoms with van der Waals surface area (Å²) in [5, 5.41) is -0.00723. The second-order valence-corrected chi connectivity index (χ2v) is 8.18. The van der Waals surface area contributed by atoms with E-state index in [2.05, 4.69) is 19.9 Å². The number of nitrogens with zero attached hydrogens (tertiary/aromatic N) is 5. The van der Waals surface area contributed by atoms with Crippen LogP contribution in [0.25, 0.3) is 5.65 Å². The monoisotopic (exact) mass is 380 g/mol. The number of aromatic amines is 1. The van der Waals surface area contributed by atoms with Crippen molar-refractivity contribution >= 4 is 27.3 Å². The number of aromatic nitrogens is 4. The lowest BCUT2D eigenvalue weighted by molar-refractivity contribution is 0.142. The van der Waals surface area contributed by atoms with Crippen LogP contribution < -0.4 is 0 Å². The summed E-state index contributed by atoms with van der Waals surface area (Å²) in [7, 11) is -1.83. The third kappa shape index (κ3) is 2.73. The predicted octanol–water partition coefficient (Wildman–Crippen LogP) is 1.39. The molecule has 1 aliphatic heterocycles. The van der Waals surface area contributed by atoms with Gasteiger partial charge in [0.1, 0.15) is 11.5 Å². The minimum Gasteiger partial charge on any atom is -0.347 e. The van der Waals surface area contributed by atoms with Crippen molar-refractivity contribution in [2.24, 2.45) is 0 Å². The Morgan fingerprint density at radius 1 is 1.32 bits per heavy atom. The minimum atomic E-state index is -3.79. The van der Waals surface area contributed by atoms with Crippen LogP contribution >= 0.6 is 11.6 Å². The van der Waals surface area contributed by atoms with E-state index in [1.165, 1.54) is 8.71 Å². The van der Waals surface area contributed by atoms with E-state index in [1.807, 2.05) is 7.05 Å². The van der Waals surface area contributed by atoms with Crippen LogP contribution in [0, 0.1) is 0 Å². The van der Waals surface area contributed by atoms with E-state index in [9.17, 15) is 8.42 Å². The summed E-state index contributed by atoms with van der Waals surface area (Å²) in [6.45, 7) is 1.27. The molecule has 132 valence electrons. The summed E-state index contributed by atoms with van der Waals surface area (Å²) in [6, 6.07) is 5.12. The van der Waals surface area contributed by atoms with Crippen LogP contribution in [0.3, 0.4) is 0 Å². The number of fused-ring (bicyclic) bond motifs is 1. The Balaban J connectivity index is 1.74. The zero-order valence-electron chi connectivity index (χ0n) is 13.5. The van der Waals surface area contributed by atoms with Gasteiger partial charge in [-0.1, -0.05) is 17.7 Å². The van der Waals surface area contributed by atoms with Crippen molar-refractivity contribution in [1.29, 1.82) is 0 Å². The van der Waals surface area contributed by atoms with E-state index in [4.69, 9.17) is 11.6 Å². The fourth-order valence-corrected chi connectivity index (χ4v) is 5.16. The zero-order chi connectivity index (χ0) is 17.6. The molecule has 4 heterocycles. The molecule has 1 saturated heterocycles. The minimum absolute atomic E-state index is 0.00696. The molecule has 3 aromatic rings. The maximum Gasteiger partial charge on any atom is 0.262 e. The van der Waals surface area contributed by atoms with Crippen molar-refractivity contribution in [2.45, 2.75) is 11.1 Å². The van der Waals surface area contributed by atoms with Crippen molar-refractivity contribution in [3.8, 4) is 0 Å². The van der Waals surface area contributed by atoms with Gasteiger partial charge in [0.2, 0.25) is 0 Å². The molecule has 0 bridgehead atoms. The van der Waals surface area contributed by atoms with Gasteiger partial charge in [0, 0.05) is 38.2 Å². The maximum atomic E-state index is 13.2. The van der Waals surface area contributed by atoms with E-state index in [0.717, 1.165) is 5.82 Å². The second kappa shape index (κ2) is 6.10. The fourth-order valence-electron chi connectivity index (χ4n) is 3.12. The molecule has 0 unspecified atom stereocenters. The van der Waals surface area contributed by atoms with Crippen molar-refractivity contribution in [3.63, 3.8) is 0 Å². The molecular formula is C15H17ClN6O2S. The first kappa shape index (κ1) is 16.5. The van der Waals surface area contributed by atoms with Gasteiger partial charge in [-0.3, -0.25) is 9.30 Å². The molecule has 1 N–H and O–H groups in total.